The molecule has 0 radical (unpaired) electrons. The predicted octanol–water partition coefficient (Wildman–Crippen LogP) is 2.08. The molecule has 0 aromatic heterocycles. The molecule has 0 aromatic rings. The van der Waals surface area contributed by atoms with Crippen molar-refractivity contribution in [3.63, 3.8) is 0 Å². The SMILES string of the molecule is CC1CNC(CC2CCN(C(C)C)CC2)OC1. The molecule has 0 spiro atoms. The fourth-order valence-electron chi connectivity index (χ4n) is 2.89. The molecule has 2 unspecified atom stereocenters. The van der Waals surface area contributed by atoms with Crippen molar-refractivity contribution in [3.8, 4) is 0 Å². The zero-order chi connectivity index (χ0) is 12.3. The molecule has 100 valence electrons. The number of likely N-dealkylation sites (tertiary alicyclic amines) is 1. The lowest BCUT2D eigenvalue weighted by molar-refractivity contribution is -0.0409. The van der Waals surface area contributed by atoms with Crippen LogP contribution in [0.1, 0.15) is 40.0 Å². The molecule has 2 rings (SSSR count). The van der Waals surface area contributed by atoms with Gasteiger partial charge in [0.25, 0.3) is 0 Å². The Kier molecular flexibility index (Phi) is 4.83. The zero-order valence-electron chi connectivity index (χ0n) is 11.6. The molecule has 2 heterocycles. The minimum absolute atomic E-state index is 0.321. The first-order chi connectivity index (χ1) is 8.15. The van der Waals surface area contributed by atoms with E-state index in [0.717, 1.165) is 19.1 Å². The summed E-state index contributed by atoms with van der Waals surface area (Å²) in [5.41, 5.74) is 0. The number of nitrogens with zero attached hydrogens (tertiary/aromatic N) is 1. The number of piperidine rings is 1. The molecule has 2 aliphatic rings. The second-order valence-corrected chi connectivity index (χ2v) is 6.14. The van der Waals surface area contributed by atoms with Crippen molar-refractivity contribution in [1.29, 1.82) is 0 Å². The van der Waals surface area contributed by atoms with Crippen molar-refractivity contribution in [2.24, 2.45) is 11.8 Å². The maximum Gasteiger partial charge on any atom is 0.108 e. The van der Waals surface area contributed by atoms with Crippen LogP contribution in [0.4, 0.5) is 0 Å². The van der Waals surface area contributed by atoms with Crippen molar-refractivity contribution in [2.75, 3.05) is 26.2 Å². The summed E-state index contributed by atoms with van der Waals surface area (Å²) in [7, 11) is 0. The van der Waals surface area contributed by atoms with Gasteiger partial charge in [-0.25, -0.2) is 0 Å². The van der Waals surface area contributed by atoms with E-state index in [9.17, 15) is 0 Å². The third-order valence-corrected chi connectivity index (χ3v) is 4.20. The smallest absolute Gasteiger partial charge is 0.108 e. The summed E-state index contributed by atoms with van der Waals surface area (Å²) in [5, 5.41) is 3.51. The van der Waals surface area contributed by atoms with Gasteiger partial charge in [0.1, 0.15) is 6.23 Å². The summed E-state index contributed by atoms with van der Waals surface area (Å²) in [5.74, 6) is 1.53. The van der Waals surface area contributed by atoms with E-state index in [1.165, 1.54) is 32.4 Å². The fourth-order valence-corrected chi connectivity index (χ4v) is 2.89. The van der Waals surface area contributed by atoms with Gasteiger partial charge in [0.2, 0.25) is 0 Å². The Labute approximate surface area is 106 Å². The Morgan fingerprint density at radius 1 is 1.29 bits per heavy atom. The third-order valence-electron chi connectivity index (χ3n) is 4.20. The van der Waals surface area contributed by atoms with Gasteiger partial charge in [-0.15, -0.1) is 0 Å². The minimum Gasteiger partial charge on any atom is -0.363 e. The molecule has 2 fully saturated rings. The molecule has 2 saturated heterocycles. The molecule has 3 heteroatoms. The lowest BCUT2D eigenvalue weighted by Gasteiger charge is -2.37. The van der Waals surface area contributed by atoms with E-state index in [-0.39, 0.29) is 0 Å². The van der Waals surface area contributed by atoms with E-state index in [0.29, 0.717) is 18.2 Å². The predicted molar refractivity (Wildman–Crippen MR) is 71.0 cm³/mol. The summed E-state index contributed by atoms with van der Waals surface area (Å²) < 4.78 is 5.84. The van der Waals surface area contributed by atoms with E-state index in [2.05, 4.69) is 31.0 Å². The molecule has 17 heavy (non-hydrogen) atoms. The quantitative estimate of drug-likeness (QED) is 0.817. The molecule has 3 nitrogen and oxygen atoms in total. The van der Waals surface area contributed by atoms with Gasteiger partial charge in [0.15, 0.2) is 0 Å². The monoisotopic (exact) mass is 240 g/mol. The van der Waals surface area contributed by atoms with Gasteiger partial charge in [0.05, 0.1) is 6.61 Å². The topological polar surface area (TPSA) is 24.5 Å². The molecule has 1 N–H and O–H groups in total. The molecule has 0 aromatic carbocycles. The van der Waals surface area contributed by atoms with Crippen LogP contribution in [0.3, 0.4) is 0 Å². The van der Waals surface area contributed by atoms with E-state index >= 15 is 0 Å². The van der Waals surface area contributed by atoms with E-state index in [1.807, 2.05) is 0 Å². The molecule has 0 amide bonds. The first kappa shape index (κ1) is 13.3. The Hall–Kier alpha value is -0.120. The largest absolute Gasteiger partial charge is 0.363 e. The second-order valence-electron chi connectivity index (χ2n) is 6.14. The maximum atomic E-state index is 5.84. The van der Waals surface area contributed by atoms with Crippen LogP contribution in [0.25, 0.3) is 0 Å². The Morgan fingerprint density at radius 3 is 2.53 bits per heavy atom. The molecule has 2 aliphatic heterocycles. The van der Waals surface area contributed by atoms with Crippen molar-refractivity contribution in [3.05, 3.63) is 0 Å². The molecule has 0 bridgehead atoms. The van der Waals surface area contributed by atoms with Crippen LogP contribution < -0.4 is 5.32 Å². The Morgan fingerprint density at radius 2 is 2.00 bits per heavy atom. The van der Waals surface area contributed by atoms with Crippen LogP contribution in [-0.4, -0.2) is 43.4 Å². The van der Waals surface area contributed by atoms with Crippen molar-refractivity contribution in [2.45, 2.75) is 52.3 Å². The standard InChI is InChI=1S/C14H28N2O/c1-11(2)16-6-4-13(5-7-16)8-14-15-9-12(3)10-17-14/h11-15H,4-10H2,1-3H3. The lowest BCUT2D eigenvalue weighted by Crippen LogP contribution is -2.45. The van der Waals surface area contributed by atoms with Gasteiger partial charge in [-0.1, -0.05) is 6.92 Å². The van der Waals surface area contributed by atoms with E-state index in [1.54, 1.807) is 0 Å². The van der Waals surface area contributed by atoms with E-state index < -0.39 is 0 Å². The number of hydrogen-bond donors (Lipinski definition) is 1. The third kappa shape index (κ3) is 3.94. The highest BCUT2D eigenvalue weighted by Crippen LogP contribution is 2.24. The highest BCUT2D eigenvalue weighted by atomic mass is 16.5. The molecular weight excluding hydrogens is 212 g/mol. The van der Waals surface area contributed by atoms with Gasteiger partial charge in [-0.3, -0.25) is 5.32 Å². The summed E-state index contributed by atoms with van der Waals surface area (Å²) in [6, 6.07) is 0.709. The van der Waals surface area contributed by atoms with Gasteiger partial charge in [-0.05, 0) is 58.0 Å². The highest BCUT2D eigenvalue weighted by Gasteiger charge is 2.25. The van der Waals surface area contributed by atoms with Crippen LogP contribution >= 0.6 is 0 Å². The van der Waals surface area contributed by atoms with Crippen LogP contribution in [-0.2, 0) is 4.74 Å². The van der Waals surface area contributed by atoms with Gasteiger partial charge in [0, 0.05) is 12.6 Å². The zero-order valence-corrected chi connectivity index (χ0v) is 11.6. The van der Waals surface area contributed by atoms with E-state index in [4.69, 9.17) is 4.74 Å². The van der Waals surface area contributed by atoms with Gasteiger partial charge < -0.3 is 9.64 Å². The first-order valence-electron chi connectivity index (χ1n) is 7.24. The second kappa shape index (κ2) is 6.17. The molecule has 0 saturated carbocycles. The van der Waals surface area contributed by atoms with Crippen molar-refractivity contribution < 1.29 is 4.74 Å². The number of ether oxygens (including phenoxy) is 1. The van der Waals surface area contributed by atoms with Crippen molar-refractivity contribution in [1.82, 2.24) is 10.2 Å². The summed E-state index contributed by atoms with van der Waals surface area (Å²) in [4.78, 5) is 2.59. The lowest BCUT2D eigenvalue weighted by atomic mass is 9.92. The average Bonchev–Trinajstić information content (AvgIpc) is 2.33. The number of hydrogen-bond acceptors (Lipinski definition) is 3. The Bertz CT molecular complexity index is 216. The highest BCUT2D eigenvalue weighted by molar-refractivity contribution is 4.77. The fraction of sp³-hybridized carbons (Fsp3) is 1.00. The molecule has 2 atom stereocenters. The maximum absolute atomic E-state index is 5.84. The summed E-state index contributed by atoms with van der Waals surface area (Å²) in [6.07, 6.45) is 4.21. The normalized spacial score (nSPS) is 33.2. The Balaban J connectivity index is 1.67. The molecular formula is C14H28N2O. The molecule has 0 aliphatic carbocycles. The van der Waals surface area contributed by atoms with Gasteiger partial charge in [-0.2, -0.15) is 0 Å². The van der Waals surface area contributed by atoms with Crippen LogP contribution in [0.15, 0.2) is 0 Å². The number of rotatable bonds is 3. The van der Waals surface area contributed by atoms with Crippen molar-refractivity contribution >= 4 is 0 Å². The van der Waals surface area contributed by atoms with Gasteiger partial charge >= 0.3 is 0 Å². The van der Waals surface area contributed by atoms with Crippen LogP contribution in [0.2, 0.25) is 0 Å². The van der Waals surface area contributed by atoms with Crippen LogP contribution in [0.5, 0.6) is 0 Å². The number of nitrogens with one attached hydrogen (secondary N) is 1. The summed E-state index contributed by atoms with van der Waals surface area (Å²) in [6.45, 7) is 11.4. The average molecular weight is 240 g/mol. The summed E-state index contributed by atoms with van der Waals surface area (Å²) >= 11 is 0. The van der Waals surface area contributed by atoms with Crippen LogP contribution in [0, 0.1) is 11.8 Å². The minimum atomic E-state index is 0.321. The first-order valence-corrected chi connectivity index (χ1v) is 7.24.